The summed E-state index contributed by atoms with van der Waals surface area (Å²) >= 11 is 0. The van der Waals surface area contributed by atoms with E-state index in [4.69, 9.17) is 9.47 Å². The molecule has 0 fully saturated rings. The molecule has 0 radical (unpaired) electrons. The quantitative estimate of drug-likeness (QED) is 0.525. The molecule has 0 unspecified atom stereocenters. The zero-order valence-corrected chi connectivity index (χ0v) is 14.7. The second kappa shape index (κ2) is 9.26. The van der Waals surface area contributed by atoms with Gasteiger partial charge in [-0.25, -0.2) is 0 Å². The SMILES string of the molecule is CCOc1ccc(NC(=O)CNc2ccc([N+](=O)[O-])cc2)cc1OCC. The van der Waals surface area contributed by atoms with E-state index in [1.165, 1.54) is 12.1 Å². The average Bonchev–Trinajstić information content (AvgIpc) is 2.63. The van der Waals surface area contributed by atoms with Crippen molar-refractivity contribution in [1.82, 2.24) is 0 Å². The van der Waals surface area contributed by atoms with Crippen LogP contribution in [0.15, 0.2) is 42.5 Å². The lowest BCUT2D eigenvalue weighted by atomic mass is 10.2. The van der Waals surface area contributed by atoms with E-state index in [9.17, 15) is 14.9 Å². The molecule has 2 rings (SSSR count). The Hall–Kier alpha value is -3.29. The Morgan fingerprint density at radius 2 is 1.62 bits per heavy atom. The Bertz CT molecular complexity index is 762. The van der Waals surface area contributed by atoms with Crippen molar-refractivity contribution in [3.8, 4) is 11.5 Å². The van der Waals surface area contributed by atoms with E-state index in [1.54, 1.807) is 30.3 Å². The fourth-order valence-electron chi connectivity index (χ4n) is 2.22. The second-order valence-corrected chi connectivity index (χ2v) is 5.23. The molecule has 0 atom stereocenters. The Balaban J connectivity index is 1.94. The third-order valence-electron chi connectivity index (χ3n) is 3.36. The van der Waals surface area contributed by atoms with E-state index in [0.717, 1.165) is 0 Å². The van der Waals surface area contributed by atoms with Crippen LogP contribution in [0.3, 0.4) is 0 Å². The maximum absolute atomic E-state index is 12.1. The van der Waals surface area contributed by atoms with E-state index in [2.05, 4.69) is 10.6 Å². The molecule has 0 spiro atoms. The number of amides is 1. The van der Waals surface area contributed by atoms with Crippen LogP contribution in [-0.4, -0.2) is 30.6 Å². The number of hydrogen-bond acceptors (Lipinski definition) is 6. The zero-order valence-electron chi connectivity index (χ0n) is 14.7. The number of hydrogen-bond donors (Lipinski definition) is 2. The topological polar surface area (TPSA) is 103 Å². The van der Waals surface area contributed by atoms with Gasteiger partial charge >= 0.3 is 0 Å². The second-order valence-electron chi connectivity index (χ2n) is 5.23. The smallest absolute Gasteiger partial charge is 0.269 e. The number of nitrogens with zero attached hydrogens (tertiary/aromatic N) is 1. The van der Waals surface area contributed by atoms with Crippen LogP contribution in [0.1, 0.15) is 13.8 Å². The molecule has 0 aromatic heterocycles. The fraction of sp³-hybridized carbons (Fsp3) is 0.278. The molecule has 2 aromatic rings. The van der Waals surface area contributed by atoms with Gasteiger partial charge in [-0.3, -0.25) is 14.9 Å². The summed E-state index contributed by atoms with van der Waals surface area (Å²) in [5.41, 5.74) is 1.21. The minimum absolute atomic E-state index is 0.00200. The first-order valence-corrected chi connectivity index (χ1v) is 8.21. The zero-order chi connectivity index (χ0) is 18.9. The van der Waals surface area contributed by atoms with Gasteiger partial charge in [0.25, 0.3) is 5.69 Å². The molecule has 8 heteroatoms. The van der Waals surface area contributed by atoms with Crippen molar-refractivity contribution < 1.29 is 19.2 Å². The number of nitro benzene ring substituents is 1. The molecular weight excluding hydrogens is 338 g/mol. The first kappa shape index (κ1) is 19.0. The normalized spacial score (nSPS) is 10.1. The molecule has 138 valence electrons. The monoisotopic (exact) mass is 359 g/mol. The summed E-state index contributed by atoms with van der Waals surface area (Å²) in [7, 11) is 0. The summed E-state index contributed by atoms with van der Waals surface area (Å²) in [6, 6.07) is 11.0. The van der Waals surface area contributed by atoms with Gasteiger partial charge in [-0.1, -0.05) is 0 Å². The maximum atomic E-state index is 12.1. The first-order valence-electron chi connectivity index (χ1n) is 8.21. The molecule has 8 nitrogen and oxygen atoms in total. The summed E-state index contributed by atoms with van der Waals surface area (Å²) < 4.78 is 11.0. The third kappa shape index (κ3) is 5.37. The standard InChI is InChI=1S/C18H21N3O5/c1-3-25-16-10-7-14(11-17(16)26-4-2)20-18(22)12-19-13-5-8-15(9-6-13)21(23)24/h5-11,19H,3-4,12H2,1-2H3,(H,20,22). The molecule has 0 heterocycles. The Kier molecular flexibility index (Phi) is 6.78. The van der Waals surface area contributed by atoms with Crippen molar-refractivity contribution in [2.24, 2.45) is 0 Å². The van der Waals surface area contributed by atoms with Crippen molar-refractivity contribution in [3.63, 3.8) is 0 Å². The number of benzene rings is 2. The maximum Gasteiger partial charge on any atom is 0.269 e. The molecule has 0 bridgehead atoms. The van der Waals surface area contributed by atoms with E-state index in [0.29, 0.717) is 36.1 Å². The number of nitro groups is 1. The van der Waals surface area contributed by atoms with Crippen molar-refractivity contribution in [2.75, 3.05) is 30.4 Å². The predicted molar refractivity (Wildman–Crippen MR) is 99.0 cm³/mol. The van der Waals surface area contributed by atoms with Crippen LogP contribution < -0.4 is 20.1 Å². The van der Waals surface area contributed by atoms with Gasteiger partial charge in [0.05, 0.1) is 24.7 Å². The highest BCUT2D eigenvalue weighted by atomic mass is 16.6. The van der Waals surface area contributed by atoms with Gasteiger partial charge in [-0.2, -0.15) is 0 Å². The molecular formula is C18H21N3O5. The summed E-state index contributed by atoms with van der Waals surface area (Å²) in [6.07, 6.45) is 0. The van der Waals surface area contributed by atoms with Crippen LogP contribution >= 0.6 is 0 Å². The molecule has 26 heavy (non-hydrogen) atoms. The number of anilines is 2. The summed E-state index contributed by atoms with van der Waals surface area (Å²) in [5.74, 6) is 0.932. The third-order valence-corrected chi connectivity index (χ3v) is 3.36. The highest BCUT2D eigenvalue weighted by Crippen LogP contribution is 2.30. The van der Waals surface area contributed by atoms with Crippen molar-refractivity contribution in [2.45, 2.75) is 13.8 Å². The number of ether oxygens (including phenoxy) is 2. The van der Waals surface area contributed by atoms with Gasteiger partial charge in [0.2, 0.25) is 5.91 Å². The summed E-state index contributed by atoms with van der Waals surface area (Å²) in [5, 5.41) is 16.3. The number of nitrogens with one attached hydrogen (secondary N) is 2. The highest BCUT2D eigenvalue weighted by Gasteiger charge is 2.09. The van der Waals surface area contributed by atoms with E-state index in [-0.39, 0.29) is 18.1 Å². The van der Waals surface area contributed by atoms with E-state index >= 15 is 0 Å². The first-order chi connectivity index (χ1) is 12.5. The van der Waals surface area contributed by atoms with Gasteiger partial charge < -0.3 is 20.1 Å². The van der Waals surface area contributed by atoms with Gasteiger partial charge in [-0.15, -0.1) is 0 Å². The van der Waals surface area contributed by atoms with Crippen molar-refractivity contribution >= 4 is 23.0 Å². The van der Waals surface area contributed by atoms with Crippen LogP contribution in [0.5, 0.6) is 11.5 Å². The molecule has 2 N–H and O–H groups in total. The van der Waals surface area contributed by atoms with Crippen LogP contribution in [-0.2, 0) is 4.79 Å². The Morgan fingerprint density at radius 3 is 2.23 bits per heavy atom. The lowest BCUT2D eigenvalue weighted by molar-refractivity contribution is -0.384. The van der Waals surface area contributed by atoms with E-state index in [1.807, 2.05) is 13.8 Å². The molecule has 0 aliphatic carbocycles. The van der Waals surface area contributed by atoms with Gasteiger partial charge in [0.15, 0.2) is 11.5 Å². The van der Waals surface area contributed by atoms with Crippen LogP contribution in [0.2, 0.25) is 0 Å². The minimum Gasteiger partial charge on any atom is -0.490 e. The molecule has 1 amide bonds. The van der Waals surface area contributed by atoms with Gasteiger partial charge in [0.1, 0.15) is 0 Å². The lowest BCUT2D eigenvalue weighted by Gasteiger charge is -2.13. The highest BCUT2D eigenvalue weighted by molar-refractivity contribution is 5.94. The van der Waals surface area contributed by atoms with Crippen LogP contribution in [0.4, 0.5) is 17.1 Å². The molecule has 0 aliphatic rings. The van der Waals surface area contributed by atoms with Gasteiger partial charge in [0, 0.05) is 29.6 Å². The summed E-state index contributed by atoms with van der Waals surface area (Å²) in [4.78, 5) is 22.2. The van der Waals surface area contributed by atoms with E-state index < -0.39 is 4.92 Å². The number of carbonyl (C=O) groups excluding carboxylic acids is 1. The molecule has 0 saturated carbocycles. The number of carbonyl (C=O) groups is 1. The lowest BCUT2D eigenvalue weighted by Crippen LogP contribution is -2.21. The van der Waals surface area contributed by atoms with Gasteiger partial charge in [-0.05, 0) is 38.1 Å². The number of non-ortho nitro benzene ring substituents is 1. The summed E-state index contributed by atoms with van der Waals surface area (Å²) in [6.45, 7) is 4.78. The Morgan fingerprint density at radius 1 is 1.00 bits per heavy atom. The largest absolute Gasteiger partial charge is 0.490 e. The predicted octanol–water partition coefficient (Wildman–Crippen LogP) is 3.44. The molecule has 2 aromatic carbocycles. The average molecular weight is 359 g/mol. The fourth-order valence-corrected chi connectivity index (χ4v) is 2.22. The van der Waals surface area contributed by atoms with Crippen LogP contribution in [0, 0.1) is 10.1 Å². The van der Waals surface area contributed by atoms with Crippen LogP contribution in [0.25, 0.3) is 0 Å². The Labute approximate surface area is 151 Å². The molecule has 0 saturated heterocycles. The molecule has 0 aliphatic heterocycles. The van der Waals surface area contributed by atoms with Crippen molar-refractivity contribution in [3.05, 3.63) is 52.6 Å². The van der Waals surface area contributed by atoms with Crippen molar-refractivity contribution in [1.29, 1.82) is 0 Å². The minimum atomic E-state index is -0.474. The number of rotatable bonds is 9.